The molecular weight excluding hydrogens is 326 g/mol. The molecule has 3 aromatic rings. The molecule has 0 unspecified atom stereocenters. The summed E-state index contributed by atoms with van der Waals surface area (Å²) < 4.78 is 6.86. The van der Waals surface area contributed by atoms with Gasteiger partial charge in [0.1, 0.15) is 0 Å². The molecule has 0 bridgehead atoms. The second kappa shape index (κ2) is 6.49. The van der Waals surface area contributed by atoms with Crippen molar-refractivity contribution in [3.8, 4) is 16.9 Å². The van der Waals surface area contributed by atoms with Crippen molar-refractivity contribution >= 4 is 28.5 Å². The Kier molecular flexibility index (Phi) is 4.40. The number of aryl methyl sites for hydroxylation is 1. The summed E-state index contributed by atoms with van der Waals surface area (Å²) >= 11 is 6.16. The fraction of sp³-hybridized carbons (Fsp3) is 0.158. The van der Waals surface area contributed by atoms with E-state index in [4.69, 9.17) is 16.3 Å². The molecule has 0 amide bonds. The molecule has 2 aromatic carbocycles. The predicted molar refractivity (Wildman–Crippen MR) is 95.6 cm³/mol. The van der Waals surface area contributed by atoms with Crippen molar-refractivity contribution in [1.29, 1.82) is 0 Å². The van der Waals surface area contributed by atoms with Crippen LogP contribution in [0.15, 0.2) is 53.3 Å². The monoisotopic (exact) mass is 341 g/mol. The van der Waals surface area contributed by atoms with E-state index in [-0.39, 0.29) is 17.7 Å². The molecule has 0 saturated carbocycles. The average Bonchev–Trinajstić information content (AvgIpc) is 2.60. The molecule has 5 heteroatoms. The van der Waals surface area contributed by atoms with E-state index in [1.54, 1.807) is 32.2 Å². The minimum Gasteiger partial charge on any atom is -0.420 e. The van der Waals surface area contributed by atoms with Crippen LogP contribution in [0.2, 0.25) is 5.02 Å². The summed E-state index contributed by atoms with van der Waals surface area (Å²) in [6.07, 6.45) is 0.185. The first-order valence-corrected chi connectivity index (χ1v) is 7.99. The Balaban J connectivity index is 2.45. The summed E-state index contributed by atoms with van der Waals surface area (Å²) in [6.45, 7) is 1.69. The van der Waals surface area contributed by atoms with E-state index in [0.717, 1.165) is 16.5 Å². The van der Waals surface area contributed by atoms with Crippen LogP contribution in [0.5, 0.6) is 5.75 Å². The number of benzene rings is 2. The third-order valence-electron chi connectivity index (χ3n) is 3.88. The van der Waals surface area contributed by atoms with Crippen molar-refractivity contribution in [2.45, 2.75) is 13.3 Å². The minimum atomic E-state index is -0.453. The largest absolute Gasteiger partial charge is 0.420 e. The second-order valence-electron chi connectivity index (χ2n) is 5.42. The molecule has 0 aliphatic carbocycles. The normalized spacial score (nSPS) is 10.8. The number of halogens is 1. The van der Waals surface area contributed by atoms with Crippen molar-refractivity contribution in [2.24, 2.45) is 7.05 Å². The first-order chi connectivity index (χ1) is 11.5. The van der Waals surface area contributed by atoms with Gasteiger partial charge in [-0.2, -0.15) is 0 Å². The van der Waals surface area contributed by atoms with Crippen molar-refractivity contribution in [2.75, 3.05) is 0 Å². The van der Waals surface area contributed by atoms with Crippen LogP contribution in [0.3, 0.4) is 0 Å². The standard InChI is InChI=1S/C19H16ClNO3/c1-3-16(22)24-18-17(12-7-5-4-6-8-12)14-11-13(20)9-10-15(14)21(2)19(18)23/h4-11H,3H2,1-2H3. The van der Waals surface area contributed by atoms with Crippen LogP contribution in [0.25, 0.3) is 22.0 Å². The zero-order chi connectivity index (χ0) is 17.3. The van der Waals surface area contributed by atoms with Crippen LogP contribution < -0.4 is 10.3 Å². The zero-order valence-electron chi connectivity index (χ0n) is 13.4. The molecule has 0 spiro atoms. The van der Waals surface area contributed by atoms with Gasteiger partial charge in [0, 0.05) is 29.4 Å². The van der Waals surface area contributed by atoms with E-state index >= 15 is 0 Å². The molecule has 0 atom stereocenters. The van der Waals surface area contributed by atoms with Crippen LogP contribution in [0, 0.1) is 0 Å². The first-order valence-electron chi connectivity index (χ1n) is 7.61. The van der Waals surface area contributed by atoms with Gasteiger partial charge in [0.15, 0.2) is 0 Å². The molecule has 1 heterocycles. The molecule has 0 N–H and O–H groups in total. The summed E-state index contributed by atoms with van der Waals surface area (Å²) in [5.74, 6) is -0.420. The van der Waals surface area contributed by atoms with Crippen molar-refractivity contribution in [3.05, 3.63) is 63.9 Å². The Labute approximate surface area is 144 Å². The number of nitrogens with zero attached hydrogens (tertiary/aromatic N) is 1. The van der Waals surface area contributed by atoms with Crippen LogP contribution in [0.1, 0.15) is 13.3 Å². The fourth-order valence-corrected chi connectivity index (χ4v) is 2.84. The van der Waals surface area contributed by atoms with Gasteiger partial charge in [0.25, 0.3) is 5.56 Å². The molecule has 1 aromatic heterocycles. The lowest BCUT2D eigenvalue weighted by atomic mass is 10.00. The van der Waals surface area contributed by atoms with E-state index in [0.29, 0.717) is 10.6 Å². The number of fused-ring (bicyclic) bond motifs is 1. The van der Waals surface area contributed by atoms with E-state index in [1.165, 1.54) is 4.57 Å². The van der Waals surface area contributed by atoms with Crippen molar-refractivity contribution in [1.82, 2.24) is 4.57 Å². The summed E-state index contributed by atoms with van der Waals surface area (Å²) in [4.78, 5) is 24.6. The molecule has 4 nitrogen and oxygen atoms in total. The van der Waals surface area contributed by atoms with Crippen molar-refractivity contribution < 1.29 is 9.53 Å². The fourth-order valence-electron chi connectivity index (χ4n) is 2.66. The lowest BCUT2D eigenvalue weighted by Crippen LogP contribution is -2.23. The minimum absolute atomic E-state index is 0.0327. The summed E-state index contributed by atoms with van der Waals surface area (Å²) in [5.41, 5.74) is 1.74. The SMILES string of the molecule is CCC(=O)Oc1c(-c2ccccc2)c2cc(Cl)ccc2n(C)c1=O. The van der Waals surface area contributed by atoms with Crippen LogP contribution >= 0.6 is 11.6 Å². The first kappa shape index (κ1) is 16.3. The highest BCUT2D eigenvalue weighted by Gasteiger charge is 2.20. The van der Waals surface area contributed by atoms with Gasteiger partial charge in [0.2, 0.25) is 5.75 Å². The Morgan fingerprint density at radius 1 is 1.17 bits per heavy atom. The third kappa shape index (κ3) is 2.81. The van der Waals surface area contributed by atoms with Gasteiger partial charge < -0.3 is 9.30 Å². The number of hydrogen-bond donors (Lipinski definition) is 0. The van der Waals surface area contributed by atoms with Gasteiger partial charge in [-0.3, -0.25) is 9.59 Å². The number of carbonyl (C=O) groups excluding carboxylic acids is 1. The molecule has 122 valence electrons. The maximum absolute atomic E-state index is 12.8. The van der Waals surface area contributed by atoms with E-state index in [1.807, 2.05) is 30.3 Å². The lowest BCUT2D eigenvalue weighted by Gasteiger charge is -2.16. The molecule has 0 aliphatic heterocycles. The van der Waals surface area contributed by atoms with Crippen LogP contribution in [0.4, 0.5) is 0 Å². The van der Waals surface area contributed by atoms with E-state index < -0.39 is 5.97 Å². The summed E-state index contributed by atoms with van der Waals surface area (Å²) in [5, 5.41) is 1.31. The van der Waals surface area contributed by atoms with Crippen LogP contribution in [-0.2, 0) is 11.8 Å². The summed E-state index contributed by atoms with van der Waals surface area (Å²) in [6, 6.07) is 14.7. The molecule has 0 aliphatic rings. The van der Waals surface area contributed by atoms with Gasteiger partial charge in [-0.25, -0.2) is 0 Å². The van der Waals surface area contributed by atoms with Gasteiger partial charge in [-0.15, -0.1) is 0 Å². The number of esters is 1. The van der Waals surface area contributed by atoms with Gasteiger partial charge >= 0.3 is 5.97 Å². The quantitative estimate of drug-likeness (QED) is 0.672. The lowest BCUT2D eigenvalue weighted by molar-refractivity contribution is -0.134. The number of aromatic nitrogens is 1. The molecule has 24 heavy (non-hydrogen) atoms. The van der Waals surface area contributed by atoms with E-state index in [9.17, 15) is 9.59 Å². The third-order valence-corrected chi connectivity index (χ3v) is 4.12. The number of rotatable bonds is 3. The topological polar surface area (TPSA) is 48.3 Å². The Morgan fingerprint density at radius 3 is 2.54 bits per heavy atom. The van der Waals surface area contributed by atoms with Crippen LogP contribution in [-0.4, -0.2) is 10.5 Å². The number of ether oxygens (including phenoxy) is 1. The maximum Gasteiger partial charge on any atom is 0.311 e. The number of carbonyl (C=O) groups is 1. The molecular formula is C19H16ClNO3. The van der Waals surface area contributed by atoms with Gasteiger partial charge in [-0.05, 0) is 23.8 Å². The number of pyridine rings is 1. The van der Waals surface area contributed by atoms with Gasteiger partial charge in [-0.1, -0.05) is 48.9 Å². The predicted octanol–water partition coefficient (Wildman–Crippen LogP) is 4.17. The molecule has 3 rings (SSSR count). The maximum atomic E-state index is 12.8. The Bertz CT molecular complexity index is 977. The van der Waals surface area contributed by atoms with E-state index in [2.05, 4.69) is 0 Å². The molecule has 0 fully saturated rings. The summed E-state index contributed by atoms with van der Waals surface area (Å²) in [7, 11) is 1.65. The van der Waals surface area contributed by atoms with Crippen molar-refractivity contribution in [3.63, 3.8) is 0 Å². The average molecular weight is 342 g/mol. The highest BCUT2D eigenvalue weighted by Crippen LogP contribution is 2.35. The Morgan fingerprint density at radius 2 is 1.88 bits per heavy atom. The smallest absolute Gasteiger partial charge is 0.311 e. The molecule has 0 saturated heterocycles. The highest BCUT2D eigenvalue weighted by atomic mass is 35.5. The zero-order valence-corrected chi connectivity index (χ0v) is 14.1. The van der Waals surface area contributed by atoms with Gasteiger partial charge in [0.05, 0.1) is 5.52 Å². The Hall–Kier alpha value is -2.59. The highest BCUT2D eigenvalue weighted by molar-refractivity contribution is 6.31. The molecule has 0 radical (unpaired) electrons. The second-order valence-corrected chi connectivity index (χ2v) is 5.86. The number of hydrogen-bond acceptors (Lipinski definition) is 3.